The minimum atomic E-state index is -2.99. The Balaban J connectivity index is 2.60. The van der Waals surface area contributed by atoms with Crippen LogP contribution in [-0.2, 0) is 19.4 Å². The van der Waals surface area contributed by atoms with Gasteiger partial charge in [-0.2, -0.15) is 0 Å². The van der Waals surface area contributed by atoms with Crippen LogP contribution in [0.25, 0.3) is 0 Å². The van der Waals surface area contributed by atoms with Crippen molar-refractivity contribution in [1.29, 1.82) is 0 Å². The zero-order valence-corrected chi connectivity index (χ0v) is 13.6. The third-order valence-corrected chi connectivity index (χ3v) is 4.18. The van der Waals surface area contributed by atoms with E-state index in [4.69, 9.17) is 4.74 Å². The Labute approximate surface area is 121 Å². The van der Waals surface area contributed by atoms with Gasteiger partial charge in [-0.15, -0.1) is 0 Å². The van der Waals surface area contributed by atoms with Crippen molar-refractivity contribution in [2.24, 2.45) is 0 Å². The van der Waals surface area contributed by atoms with Gasteiger partial charge >= 0.3 is 5.97 Å². The SMILES string of the molecule is CCOC(=O)C(C)(CN(C)CCS(C)(=O)=O)NC1CC1. The van der Waals surface area contributed by atoms with Crippen LogP contribution in [0.1, 0.15) is 26.7 Å². The van der Waals surface area contributed by atoms with Crippen LogP contribution >= 0.6 is 0 Å². The van der Waals surface area contributed by atoms with Gasteiger partial charge in [-0.1, -0.05) is 0 Å². The number of hydrogen-bond acceptors (Lipinski definition) is 6. The van der Waals surface area contributed by atoms with E-state index < -0.39 is 15.4 Å². The van der Waals surface area contributed by atoms with Crippen molar-refractivity contribution in [1.82, 2.24) is 10.2 Å². The van der Waals surface area contributed by atoms with E-state index in [-0.39, 0.29) is 11.7 Å². The number of nitrogens with zero attached hydrogens (tertiary/aromatic N) is 1. The molecule has 1 rings (SSSR count). The van der Waals surface area contributed by atoms with Crippen molar-refractivity contribution in [3.05, 3.63) is 0 Å². The zero-order valence-electron chi connectivity index (χ0n) is 12.8. The van der Waals surface area contributed by atoms with E-state index in [1.54, 1.807) is 6.92 Å². The van der Waals surface area contributed by atoms with Crippen molar-refractivity contribution >= 4 is 15.8 Å². The molecule has 0 aromatic rings. The molecule has 1 atom stereocenters. The van der Waals surface area contributed by atoms with Gasteiger partial charge in [0.05, 0.1) is 12.4 Å². The van der Waals surface area contributed by atoms with Crippen molar-refractivity contribution in [2.75, 3.05) is 38.8 Å². The molecule has 1 aliphatic rings. The Morgan fingerprint density at radius 3 is 2.50 bits per heavy atom. The third kappa shape index (κ3) is 6.19. The molecule has 1 N–H and O–H groups in total. The Hall–Kier alpha value is -0.660. The van der Waals surface area contributed by atoms with E-state index in [0.717, 1.165) is 12.8 Å². The summed E-state index contributed by atoms with van der Waals surface area (Å²) in [4.78, 5) is 14.0. The number of hydrogen-bond donors (Lipinski definition) is 1. The maximum Gasteiger partial charge on any atom is 0.327 e. The molecular weight excluding hydrogens is 280 g/mol. The van der Waals surface area contributed by atoms with Crippen LogP contribution in [0.4, 0.5) is 0 Å². The monoisotopic (exact) mass is 306 g/mol. The summed E-state index contributed by atoms with van der Waals surface area (Å²) in [6, 6.07) is 0.368. The fraction of sp³-hybridized carbons (Fsp3) is 0.923. The summed E-state index contributed by atoms with van der Waals surface area (Å²) < 4.78 is 27.5. The molecule has 0 heterocycles. The maximum atomic E-state index is 12.1. The Morgan fingerprint density at radius 2 is 2.05 bits per heavy atom. The van der Waals surface area contributed by atoms with Gasteiger partial charge in [0.2, 0.25) is 0 Å². The van der Waals surface area contributed by atoms with Gasteiger partial charge in [-0.05, 0) is 33.7 Å². The molecule has 0 spiro atoms. The molecule has 0 aliphatic heterocycles. The van der Waals surface area contributed by atoms with Crippen molar-refractivity contribution in [3.63, 3.8) is 0 Å². The number of sulfone groups is 1. The molecule has 118 valence electrons. The summed E-state index contributed by atoms with van der Waals surface area (Å²) in [5.41, 5.74) is -0.788. The Kier molecular flexibility index (Phi) is 5.97. The number of carbonyl (C=O) groups excluding carboxylic acids is 1. The van der Waals surface area contributed by atoms with Gasteiger partial charge in [-0.3, -0.25) is 10.1 Å². The fourth-order valence-electron chi connectivity index (χ4n) is 2.08. The molecule has 0 amide bonds. The lowest BCUT2D eigenvalue weighted by atomic mass is 10.0. The van der Waals surface area contributed by atoms with E-state index in [2.05, 4.69) is 5.32 Å². The smallest absolute Gasteiger partial charge is 0.327 e. The van der Waals surface area contributed by atoms with E-state index in [9.17, 15) is 13.2 Å². The molecule has 0 aromatic heterocycles. The average Bonchev–Trinajstić information content (AvgIpc) is 3.09. The first-order chi connectivity index (χ1) is 9.16. The van der Waals surface area contributed by atoms with E-state index >= 15 is 0 Å². The summed E-state index contributed by atoms with van der Waals surface area (Å²) in [6.07, 6.45) is 3.36. The average molecular weight is 306 g/mol. The first kappa shape index (κ1) is 17.4. The van der Waals surface area contributed by atoms with Crippen LogP contribution in [0.2, 0.25) is 0 Å². The molecule has 1 aliphatic carbocycles. The van der Waals surface area contributed by atoms with E-state index in [1.165, 1.54) is 6.26 Å². The molecule has 0 saturated heterocycles. The fourth-order valence-corrected chi connectivity index (χ4v) is 2.72. The van der Waals surface area contributed by atoms with Gasteiger partial charge in [-0.25, -0.2) is 8.42 Å². The summed E-state index contributed by atoms with van der Waals surface area (Å²) in [6.45, 7) is 4.77. The quantitative estimate of drug-likeness (QED) is 0.606. The van der Waals surface area contributed by atoms with Crippen LogP contribution in [-0.4, -0.2) is 69.6 Å². The van der Waals surface area contributed by atoms with Crippen LogP contribution in [0.5, 0.6) is 0 Å². The summed E-state index contributed by atoms with van der Waals surface area (Å²) in [5, 5.41) is 3.31. The standard InChI is InChI=1S/C13H26N2O4S/c1-5-19-12(16)13(2,14-11-6-7-11)10-15(3)8-9-20(4,17)18/h11,14H,5-10H2,1-4H3. The second-order valence-corrected chi connectivity index (χ2v) is 8.10. The van der Waals surface area contributed by atoms with Gasteiger partial charge in [0.1, 0.15) is 15.4 Å². The van der Waals surface area contributed by atoms with Crippen LogP contribution in [0.3, 0.4) is 0 Å². The number of esters is 1. The predicted octanol–water partition coefficient (Wildman–Crippen LogP) is 0.0366. The van der Waals surface area contributed by atoms with Crippen LogP contribution < -0.4 is 5.32 Å². The molecular formula is C13H26N2O4S. The molecule has 0 radical (unpaired) electrons. The number of carbonyl (C=O) groups is 1. The van der Waals surface area contributed by atoms with Crippen LogP contribution in [0, 0.1) is 0 Å². The van der Waals surface area contributed by atoms with Gasteiger partial charge < -0.3 is 9.64 Å². The van der Waals surface area contributed by atoms with Gasteiger partial charge in [0.15, 0.2) is 0 Å². The Bertz CT molecular complexity index is 434. The second-order valence-electron chi connectivity index (χ2n) is 5.84. The van der Waals surface area contributed by atoms with Crippen molar-refractivity contribution in [3.8, 4) is 0 Å². The van der Waals surface area contributed by atoms with Gasteiger partial charge in [0.25, 0.3) is 0 Å². The number of rotatable bonds is 9. The van der Waals surface area contributed by atoms with Crippen LogP contribution in [0.15, 0.2) is 0 Å². The molecule has 6 nitrogen and oxygen atoms in total. The van der Waals surface area contributed by atoms with Crippen molar-refractivity contribution < 1.29 is 17.9 Å². The lowest BCUT2D eigenvalue weighted by molar-refractivity contribution is -0.151. The zero-order chi connectivity index (χ0) is 15.4. The minimum Gasteiger partial charge on any atom is -0.465 e. The topological polar surface area (TPSA) is 75.7 Å². The second kappa shape index (κ2) is 6.87. The summed E-state index contributed by atoms with van der Waals surface area (Å²) in [5.74, 6) is -0.190. The first-order valence-electron chi connectivity index (χ1n) is 6.97. The normalized spacial score (nSPS) is 18.9. The highest BCUT2D eigenvalue weighted by atomic mass is 32.2. The molecule has 0 bridgehead atoms. The lowest BCUT2D eigenvalue weighted by Crippen LogP contribution is -2.58. The molecule has 7 heteroatoms. The number of nitrogens with one attached hydrogen (secondary N) is 1. The molecule has 1 unspecified atom stereocenters. The highest BCUT2D eigenvalue weighted by molar-refractivity contribution is 7.90. The first-order valence-corrected chi connectivity index (χ1v) is 9.03. The number of ether oxygens (including phenoxy) is 1. The molecule has 20 heavy (non-hydrogen) atoms. The van der Waals surface area contributed by atoms with E-state index in [0.29, 0.717) is 25.7 Å². The van der Waals surface area contributed by atoms with E-state index in [1.807, 2.05) is 18.9 Å². The summed E-state index contributed by atoms with van der Waals surface area (Å²) in [7, 11) is -1.18. The maximum absolute atomic E-state index is 12.1. The largest absolute Gasteiger partial charge is 0.465 e. The molecule has 1 saturated carbocycles. The lowest BCUT2D eigenvalue weighted by Gasteiger charge is -2.32. The molecule has 1 fully saturated rings. The highest BCUT2D eigenvalue weighted by Gasteiger charge is 2.40. The minimum absolute atomic E-state index is 0.0891. The number of likely N-dealkylation sites (N-methyl/N-ethyl adjacent to an activating group) is 1. The van der Waals surface area contributed by atoms with Gasteiger partial charge in [0, 0.05) is 25.4 Å². The molecule has 0 aromatic carbocycles. The Morgan fingerprint density at radius 1 is 1.45 bits per heavy atom. The third-order valence-electron chi connectivity index (χ3n) is 3.26. The summed E-state index contributed by atoms with van der Waals surface area (Å²) >= 11 is 0. The van der Waals surface area contributed by atoms with Crippen molar-refractivity contribution in [2.45, 2.75) is 38.3 Å². The predicted molar refractivity (Wildman–Crippen MR) is 78.4 cm³/mol. The highest BCUT2D eigenvalue weighted by Crippen LogP contribution is 2.23.